The lowest BCUT2D eigenvalue weighted by molar-refractivity contribution is 0.0232. The molecule has 0 unspecified atom stereocenters. The number of hydrogen-bond donors (Lipinski definition) is 0. The number of amides is 2. The molecule has 2 heterocycles. The van der Waals surface area contributed by atoms with Crippen molar-refractivity contribution in [2.75, 3.05) is 6.54 Å². The highest BCUT2D eigenvalue weighted by atomic mass is 16.6. The van der Waals surface area contributed by atoms with Gasteiger partial charge in [0.05, 0.1) is 5.56 Å². The normalized spacial score (nSPS) is 14.3. The molecule has 2 rings (SSSR count). The number of hydrogen-bond acceptors (Lipinski definition) is 3. The van der Waals surface area contributed by atoms with Crippen molar-refractivity contribution >= 4 is 12.0 Å². The maximum absolute atomic E-state index is 12.2. The van der Waals surface area contributed by atoms with Crippen LogP contribution in [0.3, 0.4) is 0 Å². The Balaban J connectivity index is 0.000000956. The molecule has 0 aliphatic carbocycles. The van der Waals surface area contributed by atoms with Crippen molar-refractivity contribution in [1.82, 2.24) is 9.47 Å². The SMILES string of the molecule is CC.Cn1ccc2c1CCN(C(=O)OC(C)(C)C)C2=O. The average molecular weight is 280 g/mol. The molecular formula is C15H24N2O3. The highest BCUT2D eigenvalue weighted by Crippen LogP contribution is 2.21. The van der Waals surface area contributed by atoms with E-state index in [1.165, 1.54) is 4.90 Å². The van der Waals surface area contributed by atoms with E-state index in [4.69, 9.17) is 4.74 Å². The van der Waals surface area contributed by atoms with Crippen LogP contribution in [-0.4, -0.2) is 33.6 Å². The number of fused-ring (bicyclic) bond motifs is 1. The maximum Gasteiger partial charge on any atom is 0.417 e. The Morgan fingerprint density at radius 2 is 1.90 bits per heavy atom. The Morgan fingerprint density at radius 1 is 1.30 bits per heavy atom. The summed E-state index contributed by atoms with van der Waals surface area (Å²) in [6, 6.07) is 1.74. The minimum absolute atomic E-state index is 0.272. The van der Waals surface area contributed by atoms with Crippen molar-refractivity contribution in [1.29, 1.82) is 0 Å². The fraction of sp³-hybridized carbons (Fsp3) is 0.600. The molecule has 112 valence electrons. The summed E-state index contributed by atoms with van der Waals surface area (Å²) in [6.45, 7) is 9.73. The highest BCUT2D eigenvalue weighted by molar-refractivity contribution is 6.04. The summed E-state index contributed by atoms with van der Waals surface area (Å²) in [7, 11) is 1.90. The molecular weight excluding hydrogens is 256 g/mol. The Morgan fingerprint density at radius 3 is 2.45 bits per heavy atom. The first-order valence-corrected chi connectivity index (χ1v) is 6.98. The second kappa shape index (κ2) is 6.11. The van der Waals surface area contributed by atoms with Gasteiger partial charge in [0.15, 0.2) is 0 Å². The van der Waals surface area contributed by atoms with Crippen LogP contribution in [0.1, 0.15) is 50.7 Å². The smallest absolute Gasteiger partial charge is 0.417 e. The standard InChI is InChI=1S/C13H18N2O3.C2H6/c1-13(2,3)18-12(17)15-8-6-10-9(11(15)16)5-7-14(10)4;1-2/h5,7H,6,8H2,1-4H3;1-2H3. The van der Waals surface area contributed by atoms with Crippen LogP contribution in [0.15, 0.2) is 12.3 Å². The summed E-state index contributed by atoms with van der Waals surface area (Å²) in [4.78, 5) is 25.3. The molecule has 1 aliphatic rings. The highest BCUT2D eigenvalue weighted by Gasteiger charge is 2.33. The van der Waals surface area contributed by atoms with E-state index in [2.05, 4.69) is 0 Å². The van der Waals surface area contributed by atoms with Crippen molar-refractivity contribution in [3.8, 4) is 0 Å². The van der Waals surface area contributed by atoms with Gasteiger partial charge >= 0.3 is 6.09 Å². The number of imide groups is 1. The fourth-order valence-corrected chi connectivity index (χ4v) is 2.02. The monoisotopic (exact) mass is 280 g/mol. The number of ether oxygens (including phenoxy) is 1. The molecule has 2 amide bonds. The lowest BCUT2D eigenvalue weighted by Crippen LogP contribution is -2.44. The first-order chi connectivity index (χ1) is 9.29. The van der Waals surface area contributed by atoms with Gasteiger partial charge in [-0.15, -0.1) is 0 Å². The third-order valence-electron chi connectivity index (χ3n) is 2.86. The van der Waals surface area contributed by atoms with Gasteiger partial charge in [-0.2, -0.15) is 0 Å². The molecule has 0 fully saturated rings. The lowest BCUT2D eigenvalue weighted by atomic mass is 10.1. The van der Waals surface area contributed by atoms with Crippen molar-refractivity contribution in [3.05, 3.63) is 23.5 Å². The number of carbonyl (C=O) groups excluding carboxylic acids is 2. The summed E-state index contributed by atoms with van der Waals surface area (Å²) in [6.07, 6.45) is 1.94. The number of aryl methyl sites for hydroxylation is 1. The zero-order valence-corrected chi connectivity index (χ0v) is 13.2. The average Bonchev–Trinajstić information content (AvgIpc) is 2.73. The molecule has 0 saturated heterocycles. The molecule has 0 atom stereocenters. The van der Waals surface area contributed by atoms with Gasteiger partial charge in [-0.25, -0.2) is 9.69 Å². The van der Waals surface area contributed by atoms with E-state index in [1.54, 1.807) is 26.8 Å². The van der Waals surface area contributed by atoms with Crippen LogP contribution < -0.4 is 0 Å². The number of rotatable bonds is 0. The molecule has 5 nitrogen and oxygen atoms in total. The van der Waals surface area contributed by atoms with Gasteiger partial charge in [0.25, 0.3) is 5.91 Å². The minimum atomic E-state index is -0.589. The minimum Gasteiger partial charge on any atom is -0.443 e. The van der Waals surface area contributed by atoms with Gasteiger partial charge in [0.1, 0.15) is 5.60 Å². The van der Waals surface area contributed by atoms with Crippen molar-refractivity contribution in [3.63, 3.8) is 0 Å². The third-order valence-corrected chi connectivity index (χ3v) is 2.86. The second-order valence-corrected chi connectivity index (χ2v) is 5.47. The lowest BCUT2D eigenvalue weighted by Gasteiger charge is -2.28. The number of aromatic nitrogens is 1. The van der Waals surface area contributed by atoms with Gasteiger partial charge < -0.3 is 9.30 Å². The van der Waals surface area contributed by atoms with Crippen molar-refractivity contribution in [2.45, 2.75) is 46.6 Å². The van der Waals surface area contributed by atoms with Crippen molar-refractivity contribution in [2.24, 2.45) is 7.05 Å². The number of carbonyl (C=O) groups is 2. The Labute approximate surface area is 120 Å². The molecule has 0 radical (unpaired) electrons. The zero-order valence-electron chi connectivity index (χ0n) is 13.2. The van der Waals surface area contributed by atoms with Crippen LogP contribution in [0.2, 0.25) is 0 Å². The summed E-state index contributed by atoms with van der Waals surface area (Å²) >= 11 is 0. The zero-order chi connectivity index (χ0) is 15.5. The van der Waals surface area contributed by atoms with Gasteiger partial charge in [0, 0.05) is 31.9 Å². The topological polar surface area (TPSA) is 51.5 Å². The quantitative estimate of drug-likeness (QED) is 0.734. The van der Waals surface area contributed by atoms with E-state index >= 15 is 0 Å². The summed E-state index contributed by atoms with van der Waals surface area (Å²) in [5.41, 5.74) is 0.975. The molecule has 1 aliphatic heterocycles. The summed E-state index contributed by atoms with van der Waals surface area (Å²) < 4.78 is 7.15. The van der Waals surface area contributed by atoms with E-state index in [1.807, 2.05) is 31.7 Å². The molecule has 0 bridgehead atoms. The van der Waals surface area contributed by atoms with E-state index < -0.39 is 11.7 Å². The van der Waals surface area contributed by atoms with E-state index in [-0.39, 0.29) is 5.91 Å². The fourth-order valence-electron chi connectivity index (χ4n) is 2.02. The first kappa shape index (κ1) is 16.3. The van der Waals surface area contributed by atoms with Crippen LogP contribution >= 0.6 is 0 Å². The molecule has 20 heavy (non-hydrogen) atoms. The first-order valence-electron chi connectivity index (χ1n) is 6.98. The van der Waals surface area contributed by atoms with E-state index in [0.29, 0.717) is 18.5 Å². The van der Waals surface area contributed by atoms with Crippen LogP contribution in [0, 0.1) is 0 Å². The van der Waals surface area contributed by atoms with Gasteiger partial charge in [-0.05, 0) is 26.8 Å². The summed E-state index contributed by atoms with van der Waals surface area (Å²) in [5.74, 6) is -0.272. The van der Waals surface area contributed by atoms with E-state index in [9.17, 15) is 9.59 Å². The van der Waals surface area contributed by atoms with Crippen LogP contribution in [-0.2, 0) is 18.2 Å². The molecule has 0 saturated carbocycles. The predicted molar refractivity (Wildman–Crippen MR) is 77.7 cm³/mol. The van der Waals surface area contributed by atoms with Crippen molar-refractivity contribution < 1.29 is 14.3 Å². The summed E-state index contributed by atoms with van der Waals surface area (Å²) in [5, 5.41) is 0. The van der Waals surface area contributed by atoms with Gasteiger partial charge in [-0.1, -0.05) is 13.8 Å². The Bertz CT molecular complexity index is 498. The molecule has 0 spiro atoms. The predicted octanol–water partition coefficient (Wildman–Crippen LogP) is 2.98. The van der Waals surface area contributed by atoms with Crippen LogP contribution in [0.5, 0.6) is 0 Å². The Kier molecular flexibility index (Phi) is 4.98. The molecule has 0 N–H and O–H groups in total. The molecule has 5 heteroatoms. The van der Waals surface area contributed by atoms with Crippen LogP contribution in [0.4, 0.5) is 4.79 Å². The third kappa shape index (κ3) is 3.40. The Hall–Kier alpha value is -1.78. The molecule has 0 aromatic carbocycles. The molecule has 1 aromatic heterocycles. The van der Waals surface area contributed by atoms with Gasteiger partial charge in [-0.3, -0.25) is 4.79 Å². The van der Waals surface area contributed by atoms with Crippen LogP contribution in [0.25, 0.3) is 0 Å². The number of nitrogens with zero attached hydrogens (tertiary/aromatic N) is 2. The largest absolute Gasteiger partial charge is 0.443 e. The van der Waals surface area contributed by atoms with E-state index in [0.717, 1.165) is 5.69 Å². The molecule has 1 aromatic rings. The second-order valence-electron chi connectivity index (χ2n) is 5.47. The maximum atomic E-state index is 12.2. The van der Waals surface area contributed by atoms with Gasteiger partial charge in [0.2, 0.25) is 0 Å².